The monoisotopic (exact) mass is 173 g/mol. The van der Waals surface area contributed by atoms with E-state index < -0.39 is 17.8 Å². The molecule has 0 saturated carbocycles. The molecule has 0 aromatic carbocycles. The van der Waals surface area contributed by atoms with Gasteiger partial charge in [-0.1, -0.05) is 0 Å². The zero-order valence-electron chi connectivity index (χ0n) is 6.27. The van der Waals surface area contributed by atoms with Crippen molar-refractivity contribution in [3.63, 3.8) is 0 Å². The number of urea groups is 1. The lowest BCUT2D eigenvalue weighted by Gasteiger charge is -2.19. The summed E-state index contributed by atoms with van der Waals surface area (Å²) in [7, 11) is 0. The molecule has 1 aliphatic heterocycles. The van der Waals surface area contributed by atoms with Crippen LogP contribution >= 0.6 is 0 Å². The van der Waals surface area contributed by atoms with Crippen LogP contribution in [-0.2, 0) is 9.59 Å². The minimum absolute atomic E-state index is 0.0231. The van der Waals surface area contributed by atoms with Gasteiger partial charge in [0.1, 0.15) is 6.54 Å². The smallest absolute Gasteiger partial charge is 0.327 e. The van der Waals surface area contributed by atoms with Gasteiger partial charge < -0.3 is 5.32 Å². The molecule has 0 bridgehead atoms. The molecule has 1 rings (SSSR count). The largest absolute Gasteiger partial charge is 0.346 e. The summed E-state index contributed by atoms with van der Waals surface area (Å²) in [6.45, 7) is 0.821. The van der Waals surface area contributed by atoms with E-state index in [1.165, 1.54) is 0 Å². The summed E-state index contributed by atoms with van der Waals surface area (Å²) in [6.07, 6.45) is 0. The summed E-state index contributed by atoms with van der Waals surface area (Å²) in [5.41, 5.74) is 0. The summed E-state index contributed by atoms with van der Waals surface area (Å²) in [5, 5.41) is 11.3. The van der Waals surface area contributed by atoms with Gasteiger partial charge in [-0.15, -0.1) is 10.2 Å². The summed E-state index contributed by atoms with van der Waals surface area (Å²) < 4.78 is 0. The average molecular weight is 173 g/mol. The van der Waals surface area contributed by atoms with E-state index in [1.54, 1.807) is 0 Å². The standard InChI is InChI=1S/C5H7N3O4/c1-3(9)8(12)7-4(10)2-6-5(7)11/h12H,2H2,1H3,(H,6,11). The number of carbonyl (C=O) groups excluding carboxylic acids is 3. The molecule has 1 fully saturated rings. The van der Waals surface area contributed by atoms with Crippen molar-refractivity contribution in [2.75, 3.05) is 6.54 Å². The van der Waals surface area contributed by atoms with Crippen LogP contribution in [0.3, 0.4) is 0 Å². The van der Waals surface area contributed by atoms with E-state index in [0.29, 0.717) is 5.01 Å². The lowest BCUT2D eigenvalue weighted by atomic mass is 10.6. The first kappa shape index (κ1) is 8.47. The van der Waals surface area contributed by atoms with Gasteiger partial charge in [0.15, 0.2) is 0 Å². The molecule has 1 heterocycles. The van der Waals surface area contributed by atoms with Gasteiger partial charge in [-0.2, -0.15) is 0 Å². The third-order valence-electron chi connectivity index (χ3n) is 1.29. The lowest BCUT2D eigenvalue weighted by Crippen LogP contribution is -2.47. The van der Waals surface area contributed by atoms with Crippen molar-refractivity contribution in [2.24, 2.45) is 0 Å². The minimum atomic E-state index is -0.808. The maximum Gasteiger partial charge on any atom is 0.346 e. The first-order chi connectivity index (χ1) is 5.54. The molecule has 1 aliphatic rings. The Hall–Kier alpha value is -1.63. The summed E-state index contributed by atoms with van der Waals surface area (Å²) in [4.78, 5) is 32.1. The Morgan fingerprint density at radius 2 is 2.25 bits per heavy atom. The third kappa shape index (κ3) is 1.21. The fourth-order valence-corrected chi connectivity index (χ4v) is 0.747. The van der Waals surface area contributed by atoms with Gasteiger partial charge in [-0.3, -0.25) is 14.8 Å². The van der Waals surface area contributed by atoms with Gasteiger partial charge in [-0.25, -0.2) is 4.79 Å². The zero-order chi connectivity index (χ0) is 9.30. The number of amides is 4. The van der Waals surface area contributed by atoms with Crippen LogP contribution in [0.25, 0.3) is 0 Å². The Labute approximate surface area is 67.5 Å². The van der Waals surface area contributed by atoms with Crippen LogP contribution in [0.5, 0.6) is 0 Å². The number of carbonyl (C=O) groups is 3. The number of hydroxylamine groups is 1. The number of nitrogens with one attached hydrogen (secondary N) is 1. The molecular weight excluding hydrogens is 166 g/mol. The molecule has 7 nitrogen and oxygen atoms in total. The number of imide groups is 1. The average Bonchev–Trinajstić information content (AvgIpc) is 2.30. The fourth-order valence-electron chi connectivity index (χ4n) is 0.747. The van der Waals surface area contributed by atoms with Crippen LogP contribution in [0.15, 0.2) is 0 Å². The van der Waals surface area contributed by atoms with Gasteiger partial charge in [0.2, 0.25) is 0 Å². The van der Waals surface area contributed by atoms with Gasteiger partial charge in [0, 0.05) is 6.92 Å². The highest BCUT2D eigenvalue weighted by molar-refractivity contribution is 6.02. The molecule has 0 aromatic rings. The molecule has 4 amide bonds. The van der Waals surface area contributed by atoms with Crippen molar-refractivity contribution in [1.82, 2.24) is 15.5 Å². The third-order valence-corrected chi connectivity index (χ3v) is 1.29. The van der Waals surface area contributed by atoms with Gasteiger partial charge in [0.05, 0.1) is 0 Å². The maximum atomic E-state index is 10.8. The van der Waals surface area contributed by atoms with Crippen LogP contribution in [0.1, 0.15) is 6.92 Å². The number of rotatable bonds is 1. The molecule has 7 heteroatoms. The molecule has 1 saturated heterocycles. The van der Waals surface area contributed by atoms with E-state index in [4.69, 9.17) is 5.21 Å². The molecule has 0 aromatic heterocycles. The van der Waals surface area contributed by atoms with Crippen molar-refractivity contribution >= 4 is 17.8 Å². The topological polar surface area (TPSA) is 90.0 Å². The number of hydrogen-bond donors (Lipinski definition) is 2. The van der Waals surface area contributed by atoms with E-state index in [9.17, 15) is 14.4 Å². The van der Waals surface area contributed by atoms with Crippen LogP contribution in [0.2, 0.25) is 0 Å². The molecule has 0 spiro atoms. The molecule has 12 heavy (non-hydrogen) atoms. The Morgan fingerprint density at radius 3 is 2.58 bits per heavy atom. The Balaban J connectivity index is 2.79. The predicted octanol–water partition coefficient (Wildman–Crippen LogP) is -1.31. The Morgan fingerprint density at radius 1 is 1.67 bits per heavy atom. The zero-order valence-corrected chi connectivity index (χ0v) is 6.27. The Bertz CT molecular complexity index is 235. The second-order valence-corrected chi connectivity index (χ2v) is 2.17. The van der Waals surface area contributed by atoms with Crippen LogP contribution in [-0.4, -0.2) is 39.8 Å². The molecule has 0 aliphatic carbocycles. The van der Waals surface area contributed by atoms with Gasteiger partial charge >= 0.3 is 6.03 Å². The predicted molar refractivity (Wildman–Crippen MR) is 34.6 cm³/mol. The van der Waals surface area contributed by atoms with Crippen molar-refractivity contribution in [2.45, 2.75) is 6.92 Å². The molecule has 0 atom stereocenters. The number of nitrogens with zero attached hydrogens (tertiary/aromatic N) is 2. The van der Waals surface area contributed by atoms with E-state index in [-0.39, 0.29) is 11.7 Å². The van der Waals surface area contributed by atoms with Crippen LogP contribution < -0.4 is 5.32 Å². The SMILES string of the molecule is CC(=O)N(O)N1C(=O)CNC1=O. The Kier molecular flexibility index (Phi) is 1.96. The molecule has 0 unspecified atom stereocenters. The highest BCUT2D eigenvalue weighted by atomic mass is 16.6. The maximum absolute atomic E-state index is 10.8. The fraction of sp³-hybridized carbons (Fsp3) is 0.400. The second kappa shape index (κ2) is 2.78. The van der Waals surface area contributed by atoms with Crippen molar-refractivity contribution < 1.29 is 19.6 Å². The highest BCUT2D eigenvalue weighted by Gasteiger charge is 2.34. The molecule has 0 radical (unpaired) electrons. The summed E-state index contributed by atoms with van der Waals surface area (Å²) in [5.74, 6) is -1.47. The minimum Gasteiger partial charge on any atom is -0.327 e. The quantitative estimate of drug-likeness (QED) is 0.292. The van der Waals surface area contributed by atoms with E-state index in [2.05, 4.69) is 5.32 Å². The van der Waals surface area contributed by atoms with Gasteiger partial charge in [-0.05, 0) is 0 Å². The second-order valence-electron chi connectivity index (χ2n) is 2.17. The summed E-state index contributed by atoms with van der Waals surface area (Å²) >= 11 is 0. The highest BCUT2D eigenvalue weighted by Crippen LogP contribution is 2.02. The van der Waals surface area contributed by atoms with Crippen LogP contribution in [0.4, 0.5) is 4.79 Å². The van der Waals surface area contributed by atoms with Crippen molar-refractivity contribution in [3.8, 4) is 0 Å². The summed E-state index contributed by atoms with van der Waals surface area (Å²) in [6, 6.07) is -0.808. The van der Waals surface area contributed by atoms with E-state index in [0.717, 1.165) is 6.92 Å². The first-order valence-electron chi connectivity index (χ1n) is 3.14. The number of hydrazine groups is 1. The molecular formula is C5H7N3O4. The van der Waals surface area contributed by atoms with Crippen molar-refractivity contribution in [1.29, 1.82) is 0 Å². The van der Waals surface area contributed by atoms with Gasteiger partial charge in [0.25, 0.3) is 11.8 Å². The van der Waals surface area contributed by atoms with Crippen LogP contribution in [0, 0.1) is 0 Å². The molecule has 66 valence electrons. The number of hydrogen-bond acceptors (Lipinski definition) is 4. The van der Waals surface area contributed by atoms with E-state index in [1.807, 2.05) is 0 Å². The first-order valence-corrected chi connectivity index (χ1v) is 3.14. The molecule has 2 N–H and O–H groups in total. The van der Waals surface area contributed by atoms with E-state index >= 15 is 0 Å². The normalized spacial score (nSPS) is 16.3. The lowest BCUT2D eigenvalue weighted by molar-refractivity contribution is -0.215. The van der Waals surface area contributed by atoms with Crippen molar-refractivity contribution in [3.05, 3.63) is 0 Å².